The Morgan fingerprint density at radius 1 is 0.893 bits per heavy atom. The Kier molecular flexibility index (Phi) is 5.58. The molecule has 1 aliphatic heterocycles. The minimum absolute atomic E-state index is 0.569. The first kappa shape index (κ1) is 19.3. The highest BCUT2D eigenvalue weighted by Crippen LogP contribution is 2.32. The Balaban J connectivity index is 1.36. The smallest absolute Gasteiger partial charge is 0.299 e. The molecule has 2 aromatic rings. The highest BCUT2D eigenvalue weighted by atomic mass is 19.4. The van der Waals surface area contributed by atoms with Gasteiger partial charge in [-0.1, -0.05) is 36.4 Å². The molecule has 2 aromatic carbocycles. The van der Waals surface area contributed by atoms with Crippen molar-refractivity contribution < 1.29 is 13.2 Å². The molecular formula is C24H26F3N. The maximum Gasteiger partial charge on any atom is 0.416 e. The van der Waals surface area contributed by atoms with Crippen molar-refractivity contribution in [3.8, 4) is 0 Å². The Labute approximate surface area is 164 Å². The normalized spacial score (nSPS) is 17.9. The summed E-state index contributed by atoms with van der Waals surface area (Å²) in [6, 6.07) is 12.6. The molecule has 0 spiro atoms. The van der Waals surface area contributed by atoms with Crippen LogP contribution >= 0.6 is 0 Å². The summed E-state index contributed by atoms with van der Waals surface area (Å²) in [5.74, 6) is 0. The third kappa shape index (κ3) is 4.49. The number of benzene rings is 2. The molecule has 0 bridgehead atoms. The lowest BCUT2D eigenvalue weighted by atomic mass is 9.90. The molecule has 0 atom stereocenters. The molecule has 4 heteroatoms. The van der Waals surface area contributed by atoms with Crippen LogP contribution in [0.2, 0.25) is 0 Å². The Morgan fingerprint density at radius 3 is 2.46 bits per heavy atom. The number of hydrogen-bond donors (Lipinski definition) is 0. The fourth-order valence-electron chi connectivity index (χ4n) is 4.30. The van der Waals surface area contributed by atoms with Crippen molar-refractivity contribution >= 4 is 5.57 Å². The minimum Gasteiger partial charge on any atom is -0.299 e. The van der Waals surface area contributed by atoms with Crippen molar-refractivity contribution in [2.75, 3.05) is 19.6 Å². The van der Waals surface area contributed by atoms with Gasteiger partial charge in [-0.2, -0.15) is 13.2 Å². The number of rotatable bonds is 4. The van der Waals surface area contributed by atoms with E-state index in [1.54, 1.807) is 6.07 Å². The highest BCUT2D eigenvalue weighted by molar-refractivity contribution is 5.67. The average molecular weight is 385 g/mol. The maximum absolute atomic E-state index is 12.9. The third-order valence-corrected chi connectivity index (χ3v) is 5.98. The van der Waals surface area contributed by atoms with Gasteiger partial charge in [-0.15, -0.1) is 0 Å². The number of halogens is 3. The number of aryl methyl sites for hydroxylation is 2. The lowest BCUT2D eigenvalue weighted by molar-refractivity contribution is -0.137. The van der Waals surface area contributed by atoms with Crippen molar-refractivity contribution in [1.82, 2.24) is 4.90 Å². The van der Waals surface area contributed by atoms with E-state index < -0.39 is 11.7 Å². The van der Waals surface area contributed by atoms with Crippen molar-refractivity contribution in [3.63, 3.8) is 0 Å². The molecule has 0 unspecified atom stereocenters. The number of nitrogens with zero attached hydrogens (tertiary/aromatic N) is 1. The molecule has 0 radical (unpaired) electrons. The highest BCUT2D eigenvalue weighted by Gasteiger charge is 2.30. The summed E-state index contributed by atoms with van der Waals surface area (Å²) in [6.07, 6.45) is 4.65. The monoisotopic (exact) mass is 385 g/mol. The van der Waals surface area contributed by atoms with Crippen LogP contribution in [-0.2, 0) is 25.4 Å². The average Bonchev–Trinajstić information content (AvgIpc) is 2.72. The molecular weight excluding hydrogens is 359 g/mol. The first-order valence-electron chi connectivity index (χ1n) is 10.2. The molecule has 4 rings (SSSR count). The topological polar surface area (TPSA) is 3.24 Å². The zero-order chi connectivity index (χ0) is 19.6. The van der Waals surface area contributed by atoms with E-state index in [2.05, 4.69) is 29.2 Å². The van der Waals surface area contributed by atoms with E-state index in [1.165, 1.54) is 54.5 Å². The second-order valence-electron chi connectivity index (χ2n) is 7.92. The van der Waals surface area contributed by atoms with Gasteiger partial charge in [-0.3, -0.25) is 4.90 Å². The lowest BCUT2D eigenvalue weighted by Gasteiger charge is -2.27. The van der Waals surface area contributed by atoms with Gasteiger partial charge in [0.2, 0.25) is 0 Å². The van der Waals surface area contributed by atoms with Crippen LogP contribution in [0.1, 0.15) is 47.1 Å². The van der Waals surface area contributed by atoms with E-state index in [1.807, 2.05) is 0 Å². The van der Waals surface area contributed by atoms with Crippen LogP contribution in [0.3, 0.4) is 0 Å². The first-order valence-corrected chi connectivity index (χ1v) is 10.2. The largest absolute Gasteiger partial charge is 0.416 e. The summed E-state index contributed by atoms with van der Waals surface area (Å²) >= 11 is 0. The molecule has 0 amide bonds. The van der Waals surface area contributed by atoms with Crippen LogP contribution in [0.4, 0.5) is 13.2 Å². The zero-order valence-electron chi connectivity index (χ0n) is 16.1. The summed E-state index contributed by atoms with van der Waals surface area (Å²) in [5.41, 5.74) is 5.59. The van der Waals surface area contributed by atoms with Crippen LogP contribution < -0.4 is 0 Å². The van der Waals surface area contributed by atoms with Gasteiger partial charge < -0.3 is 0 Å². The van der Waals surface area contributed by atoms with Gasteiger partial charge in [0.05, 0.1) is 5.56 Å². The van der Waals surface area contributed by atoms with E-state index in [4.69, 9.17) is 0 Å². The molecule has 0 N–H and O–H groups in total. The van der Waals surface area contributed by atoms with Gasteiger partial charge >= 0.3 is 6.18 Å². The van der Waals surface area contributed by atoms with Gasteiger partial charge in [0.25, 0.3) is 0 Å². The van der Waals surface area contributed by atoms with Crippen molar-refractivity contribution in [2.45, 2.75) is 44.7 Å². The molecule has 0 fully saturated rings. The Hall–Kier alpha value is -2.07. The van der Waals surface area contributed by atoms with Gasteiger partial charge in [-0.05, 0) is 78.5 Å². The lowest BCUT2D eigenvalue weighted by Crippen LogP contribution is -2.30. The SMILES string of the molecule is FC(F)(F)c1cccc(C2=CCN(CCc3ccc4c(c3)CCCC4)CC2)c1. The molecule has 0 saturated heterocycles. The Bertz CT molecular complexity index is 866. The molecule has 148 valence electrons. The molecule has 1 aliphatic carbocycles. The standard InChI is InChI=1S/C24H26F3N/c25-24(26,27)23-7-3-6-22(17-23)20-11-14-28(15-12-20)13-10-18-8-9-19-4-1-2-5-21(19)16-18/h3,6-9,11,16-17H,1-2,4-5,10,12-15H2. The van der Waals surface area contributed by atoms with Gasteiger partial charge in [0.1, 0.15) is 0 Å². The summed E-state index contributed by atoms with van der Waals surface area (Å²) in [7, 11) is 0. The Morgan fingerprint density at radius 2 is 1.71 bits per heavy atom. The van der Waals surface area contributed by atoms with E-state index >= 15 is 0 Å². The number of hydrogen-bond acceptors (Lipinski definition) is 1. The molecule has 2 aliphatic rings. The predicted octanol–water partition coefficient (Wildman–Crippen LogP) is 5.92. The van der Waals surface area contributed by atoms with Crippen molar-refractivity contribution in [3.05, 3.63) is 76.4 Å². The second kappa shape index (κ2) is 8.12. The minimum atomic E-state index is -4.29. The van der Waals surface area contributed by atoms with E-state index in [0.29, 0.717) is 5.56 Å². The molecule has 1 nitrogen and oxygen atoms in total. The fraction of sp³-hybridized carbons (Fsp3) is 0.417. The van der Waals surface area contributed by atoms with E-state index in [0.717, 1.165) is 44.1 Å². The molecule has 1 heterocycles. The zero-order valence-corrected chi connectivity index (χ0v) is 16.1. The van der Waals surface area contributed by atoms with Gasteiger partial charge in [0, 0.05) is 19.6 Å². The first-order chi connectivity index (χ1) is 13.5. The van der Waals surface area contributed by atoms with E-state index in [-0.39, 0.29) is 0 Å². The molecule has 28 heavy (non-hydrogen) atoms. The van der Waals surface area contributed by atoms with Crippen LogP contribution in [0.25, 0.3) is 5.57 Å². The molecule has 0 aromatic heterocycles. The fourth-order valence-corrected chi connectivity index (χ4v) is 4.30. The molecule has 0 saturated carbocycles. The quantitative estimate of drug-likeness (QED) is 0.632. The second-order valence-corrected chi connectivity index (χ2v) is 7.92. The number of fused-ring (bicyclic) bond motifs is 1. The van der Waals surface area contributed by atoms with Crippen LogP contribution in [-0.4, -0.2) is 24.5 Å². The van der Waals surface area contributed by atoms with Crippen LogP contribution in [0.5, 0.6) is 0 Å². The van der Waals surface area contributed by atoms with E-state index in [9.17, 15) is 13.2 Å². The van der Waals surface area contributed by atoms with Crippen molar-refractivity contribution in [2.24, 2.45) is 0 Å². The predicted molar refractivity (Wildman–Crippen MR) is 107 cm³/mol. The third-order valence-electron chi connectivity index (χ3n) is 5.98. The van der Waals surface area contributed by atoms with Crippen molar-refractivity contribution in [1.29, 1.82) is 0 Å². The summed E-state index contributed by atoms with van der Waals surface area (Å²) in [6.45, 7) is 2.69. The summed E-state index contributed by atoms with van der Waals surface area (Å²) in [5, 5.41) is 0. The number of alkyl halides is 3. The van der Waals surface area contributed by atoms with Gasteiger partial charge in [-0.25, -0.2) is 0 Å². The van der Waals surface area contributed by atoms with Crippen LogP contribution in [0.15, 0.2) is 48.5 Å². The van der Waals surface area contributed by atoms with Gasteiger partial charge in [0.15, 0.2) is 0 Å². The summed E-state index contributed by atoms with van der Waals surface area (Å²) < 4.78 is 38.8. The maximum atomic E-state index is 12.9. The summed E-state index contributed by atoms with van der Waals surface area (Å²) in [4.78, 5) is 2.39. The van der Waals surface area contributed by atoms with Crippen LogP contribution in [0, 0.1) is 0 Å².